The number of halogens is 1. The van der Waals surface area contributed by atoms with E-state index in [0.29, 0.717) is 45.9 Å². The molecule has 0 amide bonds. The van der Waals surface area contributed by atoms with Gasteiger partial charge < -0.3 is 9.47 Å². The van der Waals surface area contributed by atoms with Gasteiger partial charge in [-0.05, 0) is 101 Å². The number of nitrogens with zero attached hydrogens (tertiary/aromatic N) is 1. The number of nitrogens with one attached hydrogen (secondary N) is 1. The van der Waals surface area contributed by atoms with E-state index in [4.69, 9.17) is 21.1 Å². The van der Waals surface area contributed by atoms with E-state index in [1.54, 1.807) is 30.3 Å². The monoisotopic (exact) mass is 596 g/mol. The number of nitriles is 1. The second kappa shape index (κ2) is 12.2. The molecule has 0 radical (unpaired) electrons. The lowest BCUT2D eigenvalue weighted by atomic mass is 10.0. The zero-order valence-electron chi connectivity index (χ0n) is 23.4. The predicted molar refractivity (Wildman–Crippen MR) is 168 cm³/mol. The van der Waals surface area contributed by atoms with Gasteiger partial charge in [0.2, 0.25) is 0 Å². The van der Waals surface area contributed by atoms with E-state index >= 15 is 0 Å². The van der Waals surface area contributed by atoms with Crippen molar-refractivity contribution >= 4 is 38.1 Å². The summed E-state index contributed by atoms with van der Waals surface area (Å²) in [5.74, 6) is 2.29. The van der Waals surface area contributed by atoms with Gasteiger partial charge in [0.25, 0.3) is 10.0 Å². The van der Waals surface area contributed by atoms with Crippen LogP contribution in [0.1, 0.15) is 25.0 Å². The third kappa shape index (κ3) is 6.68. The van der Waals surface area contributed by atoms with Crippen LogP contribution in [0, 0.1) is 24.2 Å². The summed E-state index contributed by atoms with van der Waals surface area (Å²) in [4.78, 5) is 0.0716. The summed E-state index contributed by atoms with van der Waals surface area (Å²) < 4.78 is 41.2. The second-order valence-corrected chi connectivity index (χ2v) is 12.5. The van der Waals surface area contributed by atoms with Crippen molar-refractivity contribution < 1.29 is 17.9 Å². The van der Waals surface area contributed by atoms with Crippen LogP contribution in [0.4, 0.5) is 5.69 Å². The molecule has 0 aromatic heterocycles. The molecule has 0 aliphatic heterocycles. The van der Waals surface area contributed by atoms with Crippen LogP contribution in [0.5, 0.6) is 17.2 Å². The number of anilines is 1. The van der Waals surface area contributed by atoms with Crippen molar-refractivity contribution in [2.45, 2.75) is 25.7 Å². The Morgan fingerprint density at radius 3 is 2.29 bits per heavy atom. The predicted octanol–water partition coefficient (Wildman–Crippen LogP) is 8.97. The lowest BCUT2D eigenvalue weighted by molar-refractivity contribution is 0.271. The number of ether oxygens (including phenoxy) is 2. The molecule has 42 heavy (non-hydrogen) atoms. The highest BCUT2D eigenvalue weighted by Crippen LogP contribution is 2.38. The van der Waals surface area contributed by atoms with Crippen LogP contribution in [0.25, 0.3) is 21.9 Å². The van der Waals surface area contributed by atoms with E-state index in [9.17, 15) is 13.7 Å². The number of aryl methyl sites for hydroxylation is 1. The van der Waals surface area contributed by atoms with Crippen molar-refractivity contribution in [2.24, 2.45) is 5.92 Å². The molecule has 0 heterocycles. The van der Waals surface area contributed by atoms with Crippen molar-refractivity contribution in [3.8, 4) is 34.4 Å². The Morgan fingerprint density at radius 2 is 1.57 bits per heavy atom. The van der Waals surface area contributed by atoms with Gasteiger partial charge in [0.15, 0.2) is 0 Å². The van der Waals surface area contributed by atoms with E-state index in [1.807, 2.05) is 61.5 Å². The second-order valence-electron chi connectivity index (χ2n) is 10.4. The molecule has 0 aliphatic rings. The quantitative estimate of drug-likeness (QED) is 0.183. The Morgan fingerprint density at radius 1 is 0.857 bits per heavy atom. The van der Waals surface area contributed by atoms with Gasteiger partial charge in [-0.25, -0.2) is 8.42 Å². The molecule has 5 aromatic rings. The van der Waals surface area contributed by atoms with E-state index in [-0.39, 0.29) is 4.90 Å². The van der Waals surface area contributed by atoms with Gasteiger partial charge in [0.1, 0.15) is 17.2 Å². The van der Waals surface area contributed by atoms with Crippen LogP contribution in [-0.2, 0) is 10.0 Å². The van der Waals surface area contributed by atoms with E-state index < -0.39 is 10.0 Å². The molecular weight excluding hydrogens is 568 g/mol. The maximum atomic E-state index is 13.2. The zero-order valence-corrected chi connectivity index (χ0v) is 25.0. The van der Waals surface area contributed by atoms with Crippen LogP contribution in [0.2, 0.25) is 5.02 Å². The lowest BCUT2D eigenvalue weighted by Gasteiger charge is -2.16. The van der Waals surface area contributed by atoms with Crippen LogP contribution in [0.15, 0.2) is 102 Å². The summed E-state index contributed by atoms with van der Waals surface area (Å²) in [6.07, 6.45) is 0. The van der Waals surface area contributed by atoms with Crippen molar-refractivity contribution in [1.82, 2.24) is 0 Å². The van der Waals surface area contributed by atoms with Gasteiger partial charge in [-0.3, -0.25) is 4.72 Å². The molecular formula is C34H29ClN2O4S. The first-order valence-corrected chi connectivity index (χ1v) is 15.3. The van der Waals surface area contributed by atoms with Crippen molar-refractivity contribution in [3.63, 3.8) is 0 Å². The molecule has 0 spiro atoms. The first kappa shape index (κ1) is 29.0. The standard InChI is InChI=1S/C34H29ClN2O4S/c1-22(2)21-40-29-11-7-25(8-12-29)32-18-28(37-42(38,39)31-14-4-23(3)33(35)19-31)10-15-34(32)41-30-13-9-26-16-24(20-36)5-6-27(26)17-30/h4-19,22,37H,21H2,1-3H3. The van der Waals surface area contributed by atoms with Gasteiger partial charge in [-0.15, -0.1) is 0 Å². The molecule has 0 atom stereocenters. The van der Waals surface area contributed by atoms with Gasteiger partial charge in [-0.2, -0.15) is 5.26 Å². The van der Waals surface area contributed by atoms with Crippen LogP contribution in [-0.4, -0.2) is 15.0 Å². The summed E-state index contributed by atoms with van der Waals surface area (Å²) in [6, 6.07) is 30.7. The average Bonchev–Trinajstić information content (AvgIpc) is 2.98. The number of sulfonamides is 1. The van der Waals surface area contributed by atoms with Gasteiger partial charge in [-0.1, -0.05) is 55.8 Å². The molecule has 5 aromatic carbocycles. The lowest BCUT2D eigenvalue weighted by Crippen LogP contribution is -2.13. The van der Waals surface area contributed by atoms with Gasteiger partial charge in [0.05, 0.1) is 23.1 Å². The summed E-state index contributed by atoms with van der Waals surface area (Å²) in [5, 5.41) is 11.4. The first-order valence-electron chi connectivity index (χ1n) is 13.4. The maximum absolute atomic E-state index is 13.2. The Bertz CT molecular complexity index is 1910. The molecule has 212 valence electrons. The molecule has 1 N–H and O–H groups in total. The maximum Gasteiger partial charge on any atom is 0.261 e. The SMILES string of the molecule is Cc1ccc(S(=O)(=O)Nc2ccc(Oc3ccc4cc(C#N)ccc4c3)c(-c3ccc(OCC(C)C)cc3)c2)cc1Cl. The Kier molecular flexibility index (Phi) is 8.39. The van der Waals surface area contributed by atoms with E-state index in [1.165, 1.54) is 12.1 Å². The fourth-order valence-electron chi connectivity index (χ4n) is 4.34. The molecule has 0 saturated heterocycles. The number of fused-ring (bicyclic) bond motifs is 1. The molecule has 0 unspecified atom stereocenters. The van der Waals surface area contributed by atoms with Crippen LogP contribution in [0.3, 0.4) is 0 Å². The first-order chi connectivity index (χ1) is 20.1. The van der Waals surface area contributed by atoms with Crippen molar-refractivity contribution in [1.29, 1.82) is 5.26 Å². The van der Waals surface area contributed by atoms with E-state index in [2.05, 4.69) is 24.6 Å². The van der Waals surface area contributed by atoms with Crippen LogP contribution >= 0.6 is 11.6 Å². The number of hydrogen-bond acceptors (Lipinski definition) is 5. The minimum absolute atomic E-state index is 0.0716. The minimum Gasteiger partial charge on any atom is -0.493 e. The summed E-state index contributed by atoms with van der Waals surface area (Å²) in [6.45, 7) is 6.59. The van der Waals surface area contributed by atoms with Crippen molar-refractivity contribution in [2.75, 3.05) is 11.3 Å². The molecule has 5 rings (SSSR count). The fraction of sp³-hybridized carbons (Fsp3) is 0.147. The van der Waals surface area contributed by atoms with Crippen LogP contribution < -0.4 is 14.2 Å². The fourth-order valence-corrected chi connectivity index (χ4v) is 5.66. The third-order valence-electron chi connectivity index (χ3n) is 6.60. The largest absolute Gasteiger partial charge is 0.493 e. The summed E-state index contributed by atoms with van der Waals surface area (Å²) >= 11 is 6.20. The zero-order chi connectivity index (χ0) is 29.9. The van der Waals surface area contributed by atoms with Gasteiger partial charge in [0, 0.05) is 16.3 Å². The number of rotatable bonds is 9. The Balaban J connectivity index is 1.51. The molecule has 8 heteroatoms. The highest BCUT2D eigenvalue weighted by molar-refractivity contribution is 7.92. The minimum atomic E-state index is -3.89. The molecule has 0 aliphatic carbocycles. The normalized spacial score (nSPS) is 11.3. The topological polar surface area (TPSA) is 88.4 Å². The highest BCUT2D eigenvalue weighted by atomic mass is 35.5. The third-order valence-corrected chi connectivity index (χ3v) is 8.39. The molecule has 6 nitrogen and oxygen atoms in total. The summed E-state index contributed by atoms with van der Waals surface area (Å²) in [5.41, 5.74) is 3.26. The number of hydrogen-bond donors (Lipinski definition) is 1. The molecule has 0 fully saturated rings. The highest BCUT2D eigenvalue weighted by Gasteiger charge is 2.18. The van der Waals surface area contributed by atoms with Crippen molar-refractivity contribution in [3.05, 3.63) is 113 Å². The number of benzene rings is 5. The summed E-state index contributed by atoms with van der Waals surface area (Å²) in [7, 11) is -3.89. The molecule has 0 bridgehead atoms. The van der Waals surface area contributed by atoms with Gasteiger partial charge >= 0.3 is 0 Å². The average molecular weight is 597 g/mol. The molecule has 0 saturated carbocycles. The van der Waals surface area contributed by atoms with E-state index in [0.717, 1.165) is 27.6 Å². The smallest absolute Gasteiger partial charge is 0.261 e. The Hall–Kier alpha value is -4.51. The Labute approximate surface area is 251 Å².